The van der Waals surface area contributed by atoms with E-state index in [1.54, 1.807) is 30.2 Å². The Kier molecular flexibility index (Phi) is 6.79. The van der Waals surface area contributed by atoms with Gasteiger partial charge in [-0.05, 0) is 18.2 Å². The molecule has 0 bridgehead atoms. The topological polar surface area (TPSA) is 42.0 Å². The van der Waals surface area contributed by atoms with Crippen LogP contribution in [0, 0.1) is 5.82 Å². The van der Waals surface area contributed by atoms with Crippen LogP contribution in [-0.2, 0) is 16.0 Å². The molecule has 0 radical (unpaired) electrons. The first-order valence-corrected chi connectivity index (χ1v) is 9.14. The molecule has 0 aliphatic carbocycles. The highest BCUT2D eigenvalue weighted by Crippen LogP contribution is 2.24. The summed E-state index contributed by atoms with van der Waals surface area (Å²) in [6.45, 7) is 3.76. The van der Waals surface area contributed by atoms with Crippen LogP contribution >= 0.6 is 0 Å². The third-order valence-corrected chi connectivity index (χ3v) is 4.66. The van der Waals surface area contributed by atoms with Crippen LogP contribution in [0.4, 0.5) is 10.1 Å². The number of nitrogens with zero attached hydrogens (tertiary/aromatic N) is 2. The number of hydrogen-bond acceptors (Lipinski definition) is 4. The van der Waals surface area contributed by atoms with Crippen molar-refractivity contribution in [2.75, 3.05) is 51.5 Å². The highest BCUT2D eigenvalue weighted by atomic mass is 19.1. The van der Waals surface area contributed by atoms with Crippen molar-refractivity contribution >= 4 is 11.6 Å². The van der Waals surface area contributed by atoms with E-state index in [0.29, 0.717) is 37.5 Å². The van der Waals surface area contributed by atoms with E-state index in [0.717, 1.165) is 18.8 Å². The Morgan fingerprint density at radius 2 is 1.85 bits per heavy atom. The number of carbonyl (C=O) groups excluding carboxylic acids is 1. The summed E-state index contributed by atoms with van der Waals surface area (Å²) in [6.07, 6.45) is 0. The Morgan fingerprint density at radius 1 is 1.15 bits per heavy atom. The lowest BCUT2D eigenvalue weighted by atomic mass is 10.1. The molecule has 0 atom stereocenters. The number of anilines is 1. The van der Waals surface area contributed by atoms with E-state index in [1.807, 2.05) is 24.3 Å². The van der Waals surface area contributed by atoms with Crippen molar-refractivity contribution in [1.29, 1.82) is 0 Å². The maximum Gasteiger partial charge on any atom is 0.256 e. The zero-order valence-electron chi connectivity index (χ0n) is 15.6. The van der Waals surface area contributed by atoms with Crippen molar-refractivity contribution in [3.05, 3.63) is 65.5 Å². The third-order valence-electron chi connectivity index (χ3n) is 4.66. The minimum Gasteiger partial charge on any atom is -0.383 e. The van der Waals surface area contributed by atoms with Gasteiger partial charge in [-0.15, -0.1) is 0 Å². The van der Waals surface area contributed by atoms with E-state index < -0.39 is 0 Å². The van der Waals surface area contributed by atoms with Crippen LogP contribution in [0.15, 0.2) is 48.5 Å². The lowest BCUT2D eigenvalue weighted by Gasteiger charge is -2.31. The second-order valence-electron chi connectivity index (χ2n) is 6.43. The molecule has 27 heavy (non-hydrogen) atoms. The largest absolute Gasteiger partial charge is 0.383 e. The Labute approximate surface area is 159 Å². The normalized spacial score (nSPS) is 14.2. The SMILES string of the molecule is COCCN(Cc1ccccc1F)C(=O)c1ccccc1N1CCOCC1. The average Bonchev–Trinajstić information content (AvgIpc) is 2.72. The van der Waals surface area contributed by atoms with Crippen LogP contribution in [0.25, 0.3) is 0 Å². The smallest absolute Gasteiger partial charge is 0.256 e. The number of para-hydroxylation sites is 1. The molecule has 1 aliphatic rings. The van der Waals surface area contributed by atoms with Gasteiger partial charge in [-0.1, -0.05) is 30.3 Å². The molecule has 6 heteroatoms. The molecule has 3 rings (SSSR count). The van der Waals surface area contributed by atoms with Gasteiger partial charge in [0.25, 0.3) is 5.91 Å². The number of halogens is 1. The van der Waals surface area contributed by atoms with E-state index >= 15 is 0 Å². The molecule has 1 saturated heterocycles. The summed E-state index contributed by atoms with van der Waals surface area (Å²) in [6, 6.07) is 14.1. The van der Waals surface area contributed by atoms with Crippen molar-refractivity contribution < 1.29 is 18.7 Å². The van der Waals surface area contributed by atoms with E-state index in [-0.39, 0.29) is 18.3 Å². The van der Waals surface area contributed by atoms with Crippen molar-refractivity contribution in [1.82, 2.24) is 4.90 Å². The maximum atomic E-state index is 14.1. The fourth-order valence-electron chi connectivity index (χ4n) is 3.19. The van der Waals surface area contributed by atoms with Gasteiger partial charge in [0, 0.05) is 44.5 Å². The summed E-state index contributed by atoms with van der Waals surface area (Å²) in [5.41, 5.74) is 2.00. The quantitative estimate of drug-likeness (QED) is 0.749. The molecule has 1 heterocycles. The second-order valence-corrected chi connectivity index (χ2v) is 6.43. The van der Waals surface area contributed by atoms with Gasteiger partial charge in [0.2, 0.25) is 0 Å². The summed E-state index contributed by atoms with van der Waals surface area (Å²) >= 11 is 0. The number of morpholine rings is 1. The minimum atomic E-state index is -0.311. The van der Waals surface area contributed by atoms with Gasteiger partial charge >= 0.3 is 0 Å². The van der Waals surface area contributed by atoms with Crippen LogP contribution in [0.1, 0.15) is 15.9 Å². The summed E-state index contributed by atoms with van der Waals surface area (Å²) in [7, 11) is 1.59. The monoisotopic (exact) mass is 372 g/mol. The molecule has 2 aromatic carbocycles. The Bertz CT molecular complexity index is 763. The molecule has 0 saturated carbocycles. The number of benzene rings is 2. The minimum absolute atomic E-state index is 0.127. The third kappa shape index (κ3) is 4.84. The molecule has 1 aliphatic heterocycles. The zero-order chi connectivity index (χ0) is 19.1. The standard InChI is InChI=1S/C21H25FN2O3/c1-26-13-10-24(16-17-6-2-4-8-19(17)22)21(25)18-7-3-5-9-20(18)23-11-14-27-15-12-23/h2-9H,10-16H2,1H3. The molecule has 0 spiro atoms. The molecule has 0 N–H and O–H groups in total. The van der Waals surface area contributed by atoms with Gasteiger partial charge in [-0.25, -0.2) is 4.39 Å². The van der Waals surface area contributed by atoms with Crippen molar-refractivity contribution in [2.45, 2.75) is 6.54 Å². The first kappa shape index (κ1) is 19.3. The highest BCUT2D eigenvalue weighted by molar-refractivity contribution is 5.99. The fraction of sp³-hybridized carbons (Fsp3) is 0.381. The van der Waals surface area contributed by atoms with Gasteiger partial charge in [-0.2, -0.15) is 0 Å². The fourth-order valence-corrected chi connectivity index (χ4v) is 3.19. The molecule has 1 amide bonds. The summed E-state index contributed by atoms with van der Waals surface area (Å²) in [5, 5.41) is 0. The molecule has 144 valence electrons. The lowest BCUT2D eigenvalue weighted by molar-refractivity contribution is 0.0678. The second kappa shape index (κ2) is 9.48. The predicted octanol–water partition coefficient (Wildman–Crippen LogP) is 2.95. The maximum absolute atomic E-state index is 14.1. The molecule has 2 aromatic rings. The van der Waals surface area contributed by atoms with Crippen LogP contribution in [0.3, 0.4) is 0 Å². The first-order chi connectivity index (χ1) is 13.2. The Balaban J connectivity index is 1.86. The van der Waals surface area contributed by atoms with E-state index in [1.165, 1.54) is 6.07 Å². The van der Waals surface area contributed by atoms with Crippen LogP contribution in [-0.4, -0.2) is 57.4 Å². The number of ether oxygens (including phenoxy) is 2. The molecule has 0 unspecified atom stereocenters. The number of amides is 1. The van der Waals surface area contributed by atoms with Gasteiger partial charge in [-0.3, -0.25) is 4.79 Å². The van der Waals surface area contributed by atoms with Crippen LogP contribution in [0.2, 0.25) is 0 Å². The number of rotatable bonds is 7. The first-order valence-electron chi connectivity index (χ1n) is 9.14. The molecular weight excluding hydrogens is 347 g/mol. The number of hydrogen-bond donors (Lipinski definition) is 0. The van der Waals surface area contributed by atoms with Crippen LogP contribution in [0.5, 0.6) is 0 Å². The molecule has 1 fully saturated rings. The van der Waals surface area contributed by atoms with E-state index in [9.17, 15) is 9.18 Å². The summed E-state index contributed by atoms with van der Waals surface area (Å²) < 4.78 is 24.7. The zero-order valence-corrected chi connectivity index (χ0v) is 15.6. The predicted molar refractivity (Wildman–Crippen MR) is 102 cm³/mol. The van der Waals surface area contributed by atoms with Gasteiger partial charge < -0.3 is 19.3 Å². The lowest BCUT2D eigenvalue weighted by Crippen LogP contribution is -2.39. The van der Waals surface area contributed by atoms with E-state index in [2.05, 4.69) is 4.90 Å². The van der Waals surface area contributed by atoms with Crippen molar-refractivity contribution in [2.24, 2.45) is 0 Å². The molecular formula is C21H25FN2O3. The Morgan fingerprint density at radius 3 is 2.59 bits per heavy atom. The van der Waals surface area contributed by atoms with E-state index in [4.69, 9.17) is 9.47 Å². The molecule has 5 nitrogen and oxygen atoms in total. The molecule has 0 aromatic heterocycles. The average molecular weight is 372 g/mol. The number of methoxy groups -OCH3 is 1. The van der Waals surface area contributed by atoms with Crippen molar-refractivity contribution in [3.63, 3.8) is 0 Å². The van der Waals surface area contributed by atoms with Gasteiger partial charge in [0.1, 0.15) is 5.82 Å². The van der Waals surface area contributed by atoms with Crippen molar-refractivity contribution in [3.8, 4) is 0 Å². The number of carbonyl (C=O) groups is 1. The van der Waals surface area contributed by atoms with Gasteiger partial charge in [0.15, 0.2) is 0 Å². The van der Waals surface area contributed by atoms with Gasteiger partial charge in [0.05, 0.1) is 25.4 Å². The highest BCUT2D eigenvalue weighted by Gasteiger charge is 2.23. The summed E-state index contributed by atoms with van der Waals surface area (Å²) in [5.74, 6) is -0.438. The van der Waals surface area contributed by atoms with Crippen LogP contribution < -0.4 is 4.90 Å². The summed E-state index contributed by atoms with van der Waals surface area (Å²) in [4.78, 5) is 17.1. The Hall–Kier alpha value is -2.44.